The molecule has 0 bridgehead atoms. The minimum Gasteiger partial charge on any atom is -0.493 e. The van der Waals surface area contributed by atoms with Crippen LogP contribution >= 0.6 is 0 Å². The number of hydrogen-bond acceptors (Lipinski definition) is 8. The van der Waals surface area contributed by atoms with Gasteiger partial charge in [-0.2, -0.15) is 5.26 Å². The van der Waals surface area contributed by atoms with Crippen LogP contribution in [0, 0.1) is 21.4 Å². The van der Waals surface area contributed by atoms with Crippen LogP contribution in [0.25, 0.3) is 11.5 Å². The van der Waals surface area contributed by atoms with Crippen molar-refractivity contribution in [1.29, 1.82) is 5.26 Å². The van der Waals surface area contributed by atoms with Crippen LogP contribution in [0.15, 0.2) is 46.9 Å². The van der Waals surface area contributed by atoms with Crippen LogP contribution in [0.5, 0.6) is 11.5 Å². The molecule has 0 amide bonds. The molecule has 0 radical (unpaired) electrons. The first-order valence-corrected chi connectivity index (χ1v) is 7.85. The summed E-state index contributed by atoms with van der Waals surface area (Å²) in [5.74, 6) is 1.30. The fourth-order valence-corrected chi connectivity index (χ4v) is 2.32. The molecule has 0 saturated heterocycles. The largest absolute Gasteiger partial charge is 0.493 e. The number of hydrogen-bond donors (Lipinski definition) is 0. The van der Waals surface area contributed by atoms with Crippen molar-refractivity contribution in [2.45, 2.75) is 13.0 Å². The van der Waals surface area contributed by atoms with E-state index in [9.17, 15) is 10.1 Å². The molecule has 1 unspecified atom stereocenters. The van der Waals surface area contributed by atoms with Crippen LogP contribution in [-0.2, 0) is 0 Å². The van der Waals surface area contributed by atoms with E-state index in [1.807, 2.05) is 6.07 Å². The Labute approximate surface area is 153 Å². The summed E-state index contributed by atoms with van der Waals surface area (Å²) in [4.78, 5) is 10.2. The Morgan fingerprint density at radius 2 is 1.93 bits per heavy atom. The van der Waals surface area contributed by atoms with Gasteiger partial charge in [0.25, 0.3) is 11.6 Å². The Hall–Kier alpha value is -3.93. The van der Waals surface area contributed by atoms with Gasteiger partial charge in [-0.25, -0.2) is 0 Å². The van der Waals surface area contributed by atoms with E-state index in [1.54, 1.807) is 25.1 Å². The highest BCUT2D eigenvalue weighted by atomic mass is 16.6. The highest BCUT2D eigenvalue weighted by Gasteiger charge is 2.19. The summed E-state index contributed by atoms with van der Waals surface area (Å²) in [5, 5.41) is 27.6. The van der Waals surface area contributed by atoms with Gasteiger partial charge < -0.3 is 13.9 Å². The zero-order valence-corrected chi connectivity index (χ0v) is 14.4. The molecule has 0 saturated carbocycles. The van der Waals surface area contributed by atoms with Gasteiger partial charge >= 0.3 is 0 Å². The molecule has 1 heterocycles. The number of ether oxygens (including phenoxy) is 2. The Bertz CT molecular complexity index is 1010. The minimum atomic E-state index is -0.578. The molecule has 0 N–H and O–H groups in total. The third-order valence-corrected chi connectivity index (χ3v) is 3.71. The number of nitro benzene ring substituents is 1. The molecule has 0 aliphatic carbocycles. The molecule has 1 aromatic heterocycles. The summed E-state index contributed by atoms with van der Waals surface area (Å²) in [5.41, 5.74) is 0.982. The summed E-state index contributed by atoms with van der Waals surface area (Å²) >= 11 is 0. The molecule has 9 nitrogen and oxygen atoms in total. The number of benzene rings is 2. The van der Waals surface area contributed by atoms with Crippen molar-refractivity contribution in [2.75, 3.05) is 7.11 Å². The van der Waals surface area contributed by atoms with Crippen LogP contribution in [0.1, 0.15) is 24.5 Å². The second kappa shape index (κ2) is 7.53. The number of rotatable bonds is 6. The maximum Gasteiger partial charge on any atom is 0.269 e. The van der Waals surface area contributed by atoms with E-state index in [-0.39, 0.29) is 17.5 Å². The smallest absolute Gasteiger partial charge is 0.269 e. The molecule has 3 rings (SSSR count). The highest BCUT2D eigenvalue weighted by Crippen LogP contribution is 2.32. The summed E-state index contributed by atoms with van der Waals surface area (Å²) in [7, 11) is 1.48. The fraction of sp³-hybridized carbons (Fsp3) is 0.167. The van der Waals surface area contributed by atoms with Crippen LogP contribution in [0.4, 0.5) is 5.69 Å². The van der Waals surface area contributed by atoms with E-state index in [4.69, 9.17) is 19.2 Å². The van der Waals surface area contributed by atoms with Crippen LogP contribution in [-0.4, -0.2) is 22.2 Å². The first kappa shape index (κ1) is 17.9. The Morgan fingerprint density at radius 3 is 2.56 bits per heavy atom. The Balaban J connectivity index is 1.78. The lowest BCUT2D eigenvalue weighted by Crippen LogP contribution is -2.04. The summed E-state index contributed by atoms with van der Waals surface area (Å²) < 4.78 is 16.6. The average Bonchev–Trinajstić information content (AvgIpc) is 3.18. The van der Waals surface area contributed by atoms with Crippen molar-refractivity contribution in [1.82, 2.24) is 10.2 Å². The molecule has 9 heteroatoms. The van der Waals surface area contributed by atoms with Gasteiger partial charge in [-0.1, -0.05) is 0 Å². The zero-order valence-electron chi connectivity index (χ0n) is 14.4. The maximum absolute atomic E-state index is 10.7. The van der Waals surface area contributed by atoms with E-state index < -0.39 is 11.0 Å². The van der Waals surface area contributed by atoms with E-state index in [2.05, 4.69) is 10.2 Å². The number of nitrogens with zero attached hydrogens (tertiary/aromatic N) is 4. The molecule has 27 heavy (non-hydrogen) atoms. The Morgan fingerprint density at radius 1 is 1.19 bits per heavy atom. The average molecular weight is 366 g/mol. The van der Waals surface area contributed by atoms with Crippen LogP contribution in [0.3, 0.4) is 0 Å². The lowest BCUT2D eigenvalue weighted by molar-refractivity contribution is -0.384. The highest BCUT2D eigenvalue weighted by molar-refractivity contribution is 5.55. The van der Waals surface area contributed by atoms with Gasteiger partial charge in [-0.3, -0.25) is 10.1 Å². The molecule has 0 fully saturated rings. The molecule has 136 valence electrons. The molecule has 3 aromatic rings. The standard InChI is InChI=1S/C18H14N4O5/c1-11(26-15-8-3-12(10-19)9-16(15)25-2)17-20-21-18(27-17)13-4-6-14(7-5-13)22(23)24/h3-9,11H,1-2H3. The minimum absolute atomic E-state index is 0.0249. The van der Waals surface area contributed by atoms with Gasteiger partial charge in [0.15, 0.2) is 17.6 Å². The van der Waals surface area contributed by atoms with Crippen molar-refractivity contribution >= 4 is 5.69 Å². The van der Waals surface area contributed by atoms with Gasteiger partial charge in [0.05, 0.1) is 23.7 Å². The van der Waals surface area contributed by atoms with Crippen molar-refractivity contribution in [3.63, 3.8) is 0 Å². The van der Waals surface area contributed by atoms with Gasteiger partial charge in [-0.05, 0) is 31.2 Å². The summed E-state index contributed by atoms with van der Waals surface area (Å²) in [6.07, 6.45) is -0.578. The first-order chi connectivity index (χ1) is 13.0. The van der Waals surface area contributed by atoms with Gasteiger partial charge in [0.2, 0.25) is 5.89 Å². The number of nitro groups is 1. The first-order valence-electron chi connectivity index (χ1n) is 7.85. The molecule has 0 spiro atoms. The summed E-state index contributed by atoms with van der Waals surface area (Å²) in [6, 6.07) is 12.6. The van der Waals surface area contributed by atoms with Crippen molar-refractivity contribution in [2.24, 2.45) is 0 Å². The van der Waals surface area contributed by atoms with Crippen molar-refractivity contribution < 1.29 is 18.8 Å². The molecular formula is C18H14N4O5. The van der Waals surface area contributed by atoms with Gasteiger partial charge in [-0.15, -0.1) is 10.2 Å². The molecule has 0 aliphatic heterocycles. The molecule has 2 aromatic carbocycles. The van der Waals surface area contributed by atoms with Crippen molar-refractivity contribution in [3.05, 3.63) is 64.0 Å². The van der Waals surface area contributed by atoms with Crippen LogP contribution in [0.2, 0.25) is 0 Å². The third-order valence-electron chi connectivity index (χ3n) is 3.71. The zero-order chi connectivity index (χ0) is 19.4. The topological polar surface area (TPSA) is 124 Å². The third kappa shape index (κ3) is 3.85. The maximum atomic E-state index is 10.7. The van der Waals surface area contributed by atoms with E-state index in [1.165, 1.54) is 31.4 Å². The second-order valence-electron chi connectivity index (χ2n) is 5.49. The van der Waals surface area contributed by atoms with E-state index in [0.29, 0.717) is 22.6 Å². The predicted molar refractivity (Wildman–Crippen MR) is 93.1 cm³/mol. The lowest BCUT2D eigenvalue weighted by atomic mass is 10.2. The van der Waals surface area contributed by atoms with Crippen LogP contribution < -0.4 is 9.47 Å². The number of non-ortho nitro benzene ring substituents is 1. The summed E-state index contributed by atoms with van der Waals surface area (Å²) in [6.45, 7) is 1.73. The monoisotopic (exact) mass is 366 g/mol. The molecule has 0 aliphatic rings. The second-order valence-corrected chi connectivity index (χ2v) is 5.49. The lowest BCUT2D eigenvalue weighted by Gasteiger charge is -2.14. The molecule has 1 atom stereocenters. The SMILES string of the molecule is COc1cc(C#N)ccc1OC(C)c1nnc(-c2ccc([N+](=O)[O-])cc2)o1. The molecular weight excluding hydrogens is 352 g/mol. The number of methoxy groups -OCH3 is 1. The van der Waals surface area contributed by atoms with Gasteiger partial charge in [0, 0.05) is 23.8 Å². The Kier molecular flexibility index (Phi) is 4.99. The fourth-order valence-electron chi connectivity index (χ4n) is 2.32. The number of aromatic nitrogens is 2. The predicted octanol–water partition coefficient (Wildman–Crippen LogP) is 3.67. The van der Waals surface area contributed by atoms with Crippen molar-refractivity contribution in [3.8, 4) is 29.0 Å². The quantitative estimate of drug-likeness (QED) is 0.478. The van der Waals surface area contributed by atoms with E-state index in [0.717, 1.165) is 0 Å². The van der Waals surface area contributed by atoms with E-state index >= 15 is 0 Å². The number of nitriles is 1. The van der Waals surface area contributed by atoms with Gasteiger partial charge in [0.1, 0.15) is 0 Å². The normalized spacial score (nSPS) is 11.4.